The first-order valence-corrected chi connectivity index (χ1v) is 16.4. The van der Waals surface area contributed by atoms with E-state index in [1.54, 1.807) is 0 Å². The second-order valence-electron chi connectivity index (χ2n) is 13.1. The molecule has 3 aromatic carbocycles. The van der Waals surface area contributed by atoms with Crippen molar-refractivity contribution in [2.24, 2.45) is 12.9 Å². The van der Waals surface area contributed by atoms with Crippen molar-refractivity contribution in [3.8, 4) is 17.2 Å². The molecule has 1 fully saturated rings. The topological polar surface area (TPSA) is 35.2 Å². The van der Waals surface area contributed by atoms with Gasteiger partial charge in [0, 0.05) is 6.20 Å². The van der Waals surface area contributed by atoms with Gasteiger partial charge in [0.05, 0.1) is 0 Å². The van der Waals surface area contributed by atoms with Crippen molar-refractivity contribution in [1.82, 2.24) is 14.1 Å². The zero-order valence-electron chi connectivity index (χ0n) is 28.2. The van der Waals surface area contributed by atoms with Gasteiger partial charge in [-0.05, 0) is 25.0 Å². The van der Waals surface area contributed by atoms with Gasteiger partial charge in [-0.3, -0.25) is 0 Å². The van der Waals surface area contributed by atoms with E-state index in [1.807, 2.05) is 47.2 Å². The maximum atomic E-state index is 8.27. The number of hydrogen-bond donors (Lipinski definition) is 0. The average Bonchev–Trinajstić information content (AvgIpc) is 3.32. The summed E-state index contributed by atoms with van der Waals surface area (Å²) in [5.74, 6) is 3.65. The minimum atomic E-state index is -2.32. The van der Waals surface area contributed by atoms with Crippen molar-refractivity contribution in [3.05, 3.63) is 99.5 Å². The number of ether oxygens (including phenoxy) is 1. The Balaban J connectivity index is 1.34. The van der Waals surface area contributed by atoms with Crippen molar-refractivity contribution >= 4 is 22.5 Å². The van der Waals surface area contributed by atoms with Crippen LogP contribution in [0.25, 0.3) is 16.7 Å². The van der Waals surface area contributed by atoms with E-state index in [4.69, 9.17) is 13.8 Å². The van der Waals surface area contributed by atoms with Crippen LogP contribution in [-0.2, 0) is 31.7 Å². The molecule has 2 atom stereocenters. The Hall–Kier alpha value is -3.43. The molecule has 0 amide bonds. The zero-order chi connectivity index (χ0) is 32.4. The number of benzene rings is 3. The second kappa shape index (κ2) is 10.9. The third-order valence-corrected chi connectivity index (χ3v) is 10.2. The van der Waals surface area contributed by atoms with Crippen LogP contribution < -0.4 is 9.64 Å². The minimum absolute atomic E-state index is 0.165. The van der Waals surface area contributed by atoms with Gasteiger partial charge in [0.2, 0.25) is 0 Å². The first kappa shape index (κ1) is 25.0. The third-order valence-electron chi connectivity index (χ3n) is 9.15. The zero-order valence-corrected chi connectivity index (χ0v) is 27.5. The Labute approximate surface area is 269 Å². The van der Waals surface area contributed by atoms with E-state index in [2.05, 4.69) is 88.3 Å². The maximum absolute atomic E-state index is 8.27. The van der Waals surface area contributed by atoms with Crippen LogP contribution in [0.1, 0.15) is 73.2 Å². The summed E-state index contributed by atoms with van der Waals surface area (Å²) in [4.78, 5) is 7.18. The molecule has 3 heterocycles. The molecule has 7 rings (SSSR count). The molecule has 43 heavy (non-hydrogen) atoms. The fraction of sp³-hybridized carbons (Fsp3) is 0.351. The molecule has 0 spiro atoms. The second-order valence-corrected chi connectivity index (χ2v) is 14.2. The predicted molar refractivity (Wildman–Crippen MR) is 171 cm³/mol. The van der Waals surface area contributed by atoms with Gasteiger partial charge in [0.15, 0.2) is 0 Å². The number of aromatic nitrogens is 3. The first-order valence-electron chi connectivity index (χ1n) is 16.7. The van der Waals surface area contributed by atoms with Crippen LogP contribution in [0.5, 0.6) is 11.5 Å². The summed E-state index contributed by atoms with van der Waals surface area (Å²) in [6.07, 6.45) is 6.95. The van der Waals surface area contributed by atoms with Gasteiger partial charge >= 0.3 is 227 Å². The van der Waals surface area contributed by atoms with Crippen LogP contribution in [0.2, 0.25) is 0 Å². The summed E-state index contributed by atoms with van der Waals surface area (Å²) < 4.78 is 35.6. The molecule has 0 saturated heterocycles. The Morgan fingerprint density at radius 1 is 0.930 bits per heavy atom. The van der Waals surface area contributed by atoms with Gasteiger partial charge in [0.1, 0.15) is 0 Å². The quantitative estimate of drug-likeness (QED) is 0.184. The summed E-state index contributed by atoms with van der Waals surface area (Å²) >= 11 is 2.13. The number of nitrogens with zero attached hydrogens (tertiary/aromatic N) is 4. The molecule has 2 aromatic heterocycles. The number of hydrogen-bond acceptors (Lipinski definition) is 3. The summed E-state index contributed by atoms with van der Waals surface area (Å²) in [6, 6.07) is 24.7. The van der Waals surface area contributed by atoms with E-state index >= 15 is 0 Å². The van der Waals surface area contributed by atoms with Crippen LogP contribution in [0, 0.1) is 16.6 Å². The monoisotopic (exact) mass is 754 g/mol. The molecule has 1 aliphatic carbocycles. The molecule has 6 heteroatoms. The molecule has 0 bridgehead atoms. The van der Waals surface area contributed by atoms with E-state index in [-0.39, 0.29) is 5.41 Å². The SMILES string of the molecule is [2H]C([2H])([2H])n1[c](=[Pt])n(-c2cc(Oc3ccc4c(c3)N(c3cc(C)ccn3)CC3CCCCC43)cc(C(C)(C)C)c2)c2ccccc21. The number of fused-ring (bicyclic) bond motifs is 4. The van der Waals surface area contributed by atoms with Crippen molar-refractivity contribution in [2.75, 3.05) is 11.4 Å². The number of para-hydroxylation sites is 2. The number of imidazole rings is 1. The van der Waals surface area contributed by atoms with Crippen LogP contribution in [0.4, 0.5) is 11.5 Å². The molecule has 5 aromatic rings. The summed E-state index contributed by atoms with van der Waals surface area (Å²) in [6.45, 7) is 7.32. The fourth-order valence-corrected chi connectivity index (χ4v) is 7.73. The Kier molecular flexibility index (Phi) is 6.34. The molecule has 1 saturated carbocycles. The molecule has 224 valence electrons. The van der Waals surface area contributed by atoms with Crippen LogP contribution >= 0.6 is 0 Å². The van der Waals surface area contributed by atoms with E-state index in [0.717, 1.165) is 34.9 Å². The molecular formula is C37H40N4OPt. The fourth-order valence-electron chi connectivity index (χ4n) is 6.89. The molecule has 0 N–H and O–H groups in total. The van der Waals surface area contributed by atoms with Crippen molar-refractivity contribution < 1.29 is 28.2 Å². The van der Waals surface area contributed by atoms with Crippen molar-refractivity contribution in [3.63, 3.8) is 0 Å². The first-order chi connectivity index (χ1) is 21.9. The van der Waals surface area contributed by atoms with Gasteiger partial charge < -0.3 is 0 Å². The number of anilines is 2. The van der Waals surface area contributed by atoms with E-state index in [1.165, 1.54) is 47.1 Å². The summed E-state index contributed by atoms with van der Waals surface area (Å²) in [5, 5.41) is 0. The van der Waals surface area contributed by atoms with Crippen molar-refractivity contribution in [1.29, 1.82) is 0 Å². The van der Waals surface area contributed by atoms with E-state index in [9.17, 15) is 0 Å². The standard InChI is InChI=1S/C37H40N4O.Pt/c1-25-16-17-38-36(18-25)40-23-26-10-6-7-11-31(26)32-15-14-29(22-35(32)40)42-30-20-27(37(2,3)4)19-28(21-30)41-24-39(5)33-12-8-9-13-34(33)41;/h8-9,12-22,26,31H,6-7,10-11,23H2,1-5H3;/i5D3;. The predicted octanol–water partition coefficient (Wildman–Crippen LogP) is 9.27. The van der Waals surface area contributed by atoms with Gasteiger partial charge in [-0.2, -0.15) is 0 Å². The Morgan fingerprint density at radius 2 is 1.74 bits per heavy atom. The molecule has 0 radical (unpaired) electrons. The van der Waals surface area contributed by atoms with Crippen LogP contribution in [0.3, 0.4) is 0 Å². The number of aryl methyl sites for hydroxylation is 2. The van der Waals surface area contributed by atoms with Gasteiger partial charge in [-0.15, -0.1) is 0 Å². The molecule has 2 unspecified atom stereocenters. The van der Waals surface area contributed by atoms with Gasteiger partial charge in [-0.25, -0.2) is 0 Å². The van der Waals surface area contributed by atoms with Gasteiger partial charge in [-0.1, -0.05) is 12.8 Å². The third kappa shape index (κ3) is 5.20. The normalized spacial score (nSPS) is 19.8. The van der Waals surface area contributed by atoms with Crippen LogP contribution in [0.15, 0.2) is 79.0 Å². The molecule has 2 aliphatic rings. The van der Waals surface area contributed by atoms with Crippen LogP contribution in [-0.4, -0.2) is 20.7 Å². The van der Waals surface area contributed by atoms with Gasteiger partial charge in [0.25, 0.3) is 0 Å². The summed E-state index contributed by atoms with van der Waals surface area (Å²) in [5.41, 5.74) is 7.05. The summed E-state index contributed by atoms with van der Waals surface area (Å²) in [7, 11) is 0. The van der Waals surface area contributed by atoms with E-state index in [0.29, 0.717) is 26.9 Å². The number of pyridine rings is 1. The average molecular weight is 755 g/mol. The van der Waals surface area contributed by atoms with Crippen molar-refractivity contribution in [2.45, 2.75) is 64.7 Å². The molecular weight excluding hydrogens is 712 g/mol. The molecule has 5 nitrogen and oxygen atoms in total. The molecule has 1 aliphatic heterocycles. The Morgan fingerprint density at radius 3 is 2.53 bits per heavy atom. The number of rotatable bonds is 4. The van der Waals surface area contributed by atoms with E-state index < -0.39 is 6.98 Å². The Bertz CT molecular complexity index is 2010.